The standard InChI is InChI=1S/C26H33N3O2/c1-18-4-3-9-26(2)15-24-21(14-23(18)26)22(25(30)31-24)17-28-10-12-29(13-11-28)20-7-5-19(16-27)6-8-20/h5-8,21-24H,1,3-4,9-15,17H2,2H3/p+1/t21-,22+,23-,24-,26-/m1/s1. The van der Waals surface area contributed by atoms with E-state index in [1.165, 1.54) is 29.0 Å². The number of quaternary nitrogens is 1. The predicted octanol–water partition coefficient (Wildman–Crippen LogP) is 2.58. The topological polar surface area (TPSA) is 57.8 Å². The molecule has 4 fully saturated rings. The van der Waals surface area contributed by atoms with E-state index in [1.54, 1.807) is 0 Å². The summed E-state index contributed by atoms with van der Waals surface area (Å²) in [5, 5.41) is 9.00. The number of anilines is 1. The van der Waals surface area contributed by atoms with Crippen molar-refractivity contribution in [2.45, 2.75) is 45.1 Å². The lowest BCUT2D eigenvalue weighted by atomic mass is 9.55. The Kier molecular flexibility index (Phi) is 5.30. The summed E-state index contributed by atoms with van der Waals surface area (Å²) >= 11 is 0. The fourth-order valence-electron chi connectivity index (χ4n) is 6.83. The lowest BCUT2D eigenvalue weighted by Crippen LogP contribution is -3.15. The Hall–Kier alpha value is -2.32. The van der Waals surface area contributed by atoms with E-state index in [1.807, 2.05) is 24.3 Å². The average Bonchev–Trinajstić information content (AvgIpc) is 3.06. The van der Waals surface area contributed by atoms with Crippen molar-refractivity contribution in [2.24, 2.45) is 23.2 Å². The Balaban J connectivity index is 1.21. The highest BCUT2D eigenvalue weighted by Gasteiger charge is 2.56. The van der Waals surface area contributed by atoms with Crippen molar-refractivity contribution in [3.05, 3.63) is 42.0 Å². The number of nitrogens with one attached hydrogen (secondary N) is 1. The number of carbonyl (C=O) groups is 1. The quantitative estimate of drug-likeness (QED) is 0.603. The van der Waals surface area contributed by atoms with Gasteiger partial charge in [0.1, 0.15) is 12.0 Å². The smallest absolute Gasteiger partial charge is 0.315 e. The monoisotopic (exact) mass is 420 g/mol. The Morgan fingerprint density at radius 2 is 2.03 bits per heavy atom. The van der Waals surface area contributed by atoms with Gasteiger partial charge in [-0.05, 0) is 67.7 Å². The fourth-order valence-corrected chi connectivity index (χ4v) is 6.83. The molecule has 0 spiro atoms. The molecule has 2 aliphatic heterocycles. The van der Waals surface area contributed by atoms with Crippen molar-refractivity contribution in [3.8, 4) is 6.07 Å². The van der Waals surface area contributed by atoms with Crippen molar-refractivity contribution in [3.63, 3.8) is 0 Å². The van der Waals surface area contributed by atoms with E-state index >= 15 is 0 Å². The number of fused-ring (bicyclic) bond motifs is 2. The number of benzene rings is 1. The summed E-state index contributed by atoms with van der Waals surface area (Å²) in [7, 11) is 0. The van der Waals surface area contributed by atoms with E-state index in [4.69, 9.17) is 10.00 Å². The van der Waals surface area contributed by atoms with Crippen LogP contribution in [0.3, 0.4) is 0 Å². The number of allylic oxidation sites excluding steroid dienone is 1. The zero-order valence-corrected chi connectivity index (χ0v) is 18.6. The Labute approximate surface area is 185 Å². The van der Waals surface area contributed by atoms with E-state index < -0.39 is 0 Å². The largest absolute Gasteiger partial charge is 0.462 e. The molecule has 1 aromatic carbocycles. The number of piperazine rings is 1. The van der Waals surface area contributed by atoms with Crippen LogP contribution in [0.25, 0.3) is 0 Å². The molecular weight excluding hydrogens is 386 g/mol. The third-order valence-corrected chi connectivity index (χ3v) is 8.66. The van der Waals surface area contributed by atoms with Crippen molar-refractivity contribution < 1.29 is 14.4 Å². The van der Waals surface area contributed by atoms with Crippen LogP contribution >= 0.6 is 0 Å². The predicted molar refractivity (Wildman–Crippen MR) is 120 cm³/mol. The third-order valence-electron chi connectivity index (χ3n) is 8.66. The first-order chi connectivity index (χ1) is 15.0. The minimum atomic E-state index is 0.0424. The zero-order chi connectivity index (χ0) is 21.6. The van der Waals surface area contributed by atoms with Gasteiger partial charge < -0.3 is 14.5 Å². The van der Waals surface area contributed by atoms with Crippen molar-refractivity contribution in [2.75, 3.05) is 37.6 Å². The first-order valence-corrected chi connectivity index (χ1v) is 11.9. The molecule has 0 bridgehead atoms. The van der Waals surface area contributed by atoms with Gasteiger partial charge in [0.25, 0.3) is 0 Å². The molecule has 1 aromatic rings. The minimum absolute atomic E-state index is 0.0424. The first kappa shape index (κ1) is 20.6. The molecule has 2 saturated carbocycles. The number of esters is 1. The molecule has 164 valence electrons. The SMILES string of the molecule is C=C1CCC[C@]2(C)C[C@H]3OC(=O)[C@@H](C[NH+]4CCN(c5ccc(C#N)cc5)CC4)[C@H]3C[C@H]12. The summed E-state index contributed by atoms with van der Waals surface area (Å²) < 4.78 is 5.96. The molecule has 0 radical (unpaired) electrons. The van der Waals surface area contributed by atoms with Gasteiger partial charge in [-0.2, -0.15) is 5.26 Å². The van der Waals surface area contributed by atoms with Crippen LogP contribution in [0, 0.1) is 34.5 Å². The third kappa shape index (κ3) is 3.76. The second-order valence-electron chi connectivity index (χ2n) is 10.5. The van der Waals surface area contributed by atoms with Gasteiger partial charge in [0, 0.05) is 11.6 Å². The van der Waals surface area contributed by atoms with Crippen molar-refractivity contribution >= 4 is 11.7 Å². The molecule has 31 heavy (non-hydrogen) atoms. The Morgan fingerprint density at radius 3 is 2.74 bits per heavy atom. The number of carbonyl (C=O) groups excluding carboxylic acids is 1. The number of rotatable bonds is 3. The van der Waals surface area contributed by atoms with Gasteiger partial charge in [-0.1, -0.05) is 19.1 Å². The van der Waals surface area contributed by atoms with Gasteiger partial charge in [-0.3, -0.25) is 4.79 Å². The highest BCUT2D eigenvalue weighted by molar-refractivity contribution is 5.75. The molecule has 2 saturated heterocycles. The zero-order valence-electron chi connectivity index (χ0n) is 18.6. The summed E-state index contributed by atoms with van der Waals surface area (Å²) in [5.74, 6) is 1.01. The lowest BCUT2D eigenvalue weighted by Gasteiger charge is -2.50. The first-order valence-electron chi connectivity index (χ1n) is 11.9. The van der Waals surface area contributed by atoms with E-state index in [9.17, 15) is 4.79 Å². The number of hydrogen-bond donors (Lipinski definition) is 1. The summed E-state index contributed by atoms with van der Waals surface area (Å²) in [6.07, 6.45) is 5.84. The Bertz CT molecular complexity index is 896. The van der Waals surface area contributed by atoms with Gasteiger partial charge in [0.2, 0.25) is 0 Å². The molecule has 5 atom stereocenters. The summed E-state index contributed by atoms with van der Waals surface area (Å²) in [6, 6.07) is 10.0. The van der Waals surface area contributed by atoms with E-state index in [-0.39, 0.29) is 23.4 Å². The van der Waals surface area contributed by atoms with Crippen LogP contribution in [0.4, 0.5) is 5.69 Å². The van der Waals surface area contributed by atoms with Gasteiger partial charge in [0.05, 0.1) is 44.4 Å². The molecule has 1 N–H and O–H groups in total. The molecule has 5 rings (SSSR count). The number of nitrogens with zero attached hydrogens (tertiary/aromatic N) is 2. The number of ether oxygens (including phenoxy) is 1. The highest BCUT2D eigenvalue weighted by atomic mass is 16.6. The van der Waals surface area contributed by atoms with Gasteiger partial charge >= 0.3 is 5.97 Å². The van der Waals surface area contributed by atoms with Crippen LogP contribution in [0.2, 0.25) is 0 Å². The summed E-state index contributed by atoms with van der Waals surface area (Å²) in [4.78, 5) is 16.8. The second kappa shape index (κ2) is 7.98. The summed E-state index contributed by atoms with van der Waals surface area (Å²) in [6.45, 7) is 11.7. The van der Waals surface area contributed by atoms with Crippen LogP contribution < -0.4 is 9.80 Å². The van der Waals surface area contributed by atoms with Gasteiger partial charge in [0.15, 0.2) is 0 Å². The molecule has 0 amide bonds. The van der Waals surface area contributed by atoms with E-state index in [0.29, 0.717) is 17.4 Å². The molecule has 2 heterocycles. The van der Waals surface area contributed by atoms with Crippen LogP contribution in [0.5, 0.6) is 0 Å². The Morgan fingerprint density at radius 1 is 1.29 bits per heavy atom. The van der Waals surface area contributed by atoms with Crippen LogP contribution in [-0.2, 0) is 9.53 Å². The molecular formula is C26H34N3O2+. The molecule has 2 aliphatic carbocycles. The van der Waals surface area contributed by atoms with Crippen molar-refractivity contribution in [1.29, 1.82) is 5.26 Å². The van der Waals surface area contributed by atoms with Crippen LogP contribution in [0.1, 0.15) is 44.6 Å². The van der Waals surface area contributed by atoms with Crippen molar-refractivity contribution in [1.82, 2.24) is 0 Å². The molecule has 0 aromatic heterocycles. The van der Waals surface area contributed by atoms with E-state index in [0.717, 1.165) is 52.0 Å². The van der Waals surface area contributed by atoms with Gasteiger partial charge in [-0.15, -0.1) is 0 Å². The average molecular weight is 421 g/mol. The van der Waals surface area contributed by atoms with Crippen LogP contribution in [-0.4, -0.2) is 44.8 Å². The second-order valence-corrected chi connectivity index (χ2v) is 10.5. The van der Waals surface area contributed by atoms with Crippen LogP contribution in [0.15, 0.2) is 36.4 Å². The minimum Gasteiger partial charge on any atom is -0.462 e. The number of hydrogen-bond acceptors (Lipinski definition) is 4. The maximum absolute atomic E-state index is 12.9. The molecule has 5 heteroatoms. The number of nitriles is 1. The molecule has 4 aliphatic rings. The van der Waals surface area contributed by atoms with Gasteiger partial charge in [-0.25, -0.2) is 0 Å². The highest BCUT2D eigenvalue weighted by Crippen LogP contribution is 2.56. The molecule has 5 nitrogen and oxygen atoms in total. The maximum atomic E-state index is 12.9. The normalized spacial score (nSPS) is 35.8. The summed E-state index contributed by atoms with van der Waals surface area (Å²) in [5.41, 5.74) is 3.56. The lowest BCUT2D eigenvalue weighted by molar-refractivity contribution is -0.903. The molecule has 0 unspecified atom stereocenters. The van der Waals surface area contributed by atoms with E-state index in [2.05, 4.69) is 24.5 Å². The fraction of sp³-hybridized carbons (Fsp3) is 0.615. The maximum Gasteiger partial charge on any atom is 0.315 e.